The molecular formula is C18H26N2. The van der Waals surface area contributed by atoms with Crippen LogP contribution in [0.3, 0.4) is 0 Å². The van der Waals surface area contributed by atoms with E-state index in [0.717, 1.165) is 17.6 Å². The molecule has 1 aromatic heterocycles. The van der Waals surface area contributed by atoms with Crippen molar-refractivity contribution in [1.82, 2.24) is 4.98 Å². The Bertz CT molecular complexity index is 596. The monoisotopic (exact) mass is 270 g/mol. The summed E-state index contributed by atoms with van der Waals surface area (Å²) in [4.78, 5) is 4.54. The van der Waals surface area contributed by atoms with E-state index in [4.69, 9.17) is 5.73 Å². The summed E-state index contributed by atoms with van der Waals surface area (Å²) in [5.74, 6) is 0.587. The zero-order valence-electron chi connectivity index (χ0n) is 13.3. The Hall–Kier alpha value is -1.41. The Morgan fingerprint density at radius 3 is 2.50 bits per heavy atom. The molecule has 108 valence electrons. The third kappa shape index (κ3) is 3.37. The van der Waals surface area contributed by atoms with E-state index in [9.17, 15) is 0 Å². The van der Waals surface area contributed by atoms with Crippen LogP contribution in [-0.2, 0) is 0 Å². The first-order valence-corrected chi connectivity index (χ1v) is 7.40. The summed E-state index contributed by atoms with van der Waals surface area (Å²) in [5, 5.41) is 1.17. The molecule has 0 amide bonds. The number of aromatic nitrogens is 1. The molecular weight excluding hydrogens is 244 g/mol. The molecule has 0 spiro atoms. The second-order valence-corrected chi connectivity index (χ2v) is 7.01. The molecule has 2 rings (SSSR count). The van der Waals surface area contributed by atoms with Gasteiger partial charge in [0.05, 0.1) is 5.52 Å². The van der Waals surface area contributed by atoms with E-state index in [1.807, 2.05) is 6.92 Å². The number of hydrogen-bond acceptors (Lipinski definition) is 2. The van der Waals surface area contributed by atoms with Gasteiger partial charge in [0.15, 0.2) is 0 Å². The molecule has 20 heavy (non-hydrogen) atoms. The van der Waals surface area contributed by atoms with Gasteiger partial charge in [-0.1, -0.05) is 39.8 Å². The maximum atomic E-state index is 6.39. The summed E-state index contributed by atoms with van der Waals surface area (Å²) in [7, 11) is 0. The van der Waals surface area contributed by atoms with E-state index >= 15 is 0 Å². The minimum atomic E-state index is 0.0925. The van der Waals surface area contributed by atoms with E-state index in [-0.39, 0.29) is 6.04 Å². The van der Waals surface area contributed by atoms with Gasteiger partial charge in [0.2, 0.25) is 0 Å². The minimum absolute atomic E-state index is 0.0925. The van der Waals surface area contributed by atoms with E-state index in [1.54, 1.807) is 0 Å². The van der Waals surface area contributed by atoms with Gasteiger partial charge in [-0.25, -0.2) is 0 Å². The second-order valence-electron chi connectivity index (χ2n) is 7.01. The van der Waals surface area contributed by atoms with Crippen LogP contribution in [0.2, 0.25) is 0 Å². The summed E-state index contributed by atoms with van der Waals surface area (Å²) in [6.07, 6.45) is 1.01. The van der Waals surface area contributed by atoms with Crippen LogP contribution in [0.1, 0.15) is 51.4 Å². The smallest absolute Gasteiger partial charge is 0.0705 e. The molecule has 0 bridgehead atoms. The summed E-state index contributed by atoms with van der Waals surface area (Å²) in [5.41, 5.74) is 10.00. The molecule has 1 heterocycles. The number of fused-ring (bicyclic) bond motifs is 1. The summed E-state index contributed by atoms with van der Waals surface area (Å²) in [6.45, 7) is 11.1. The lowest BCUT2D eigenvalue weighted by Gasteiger charge is -2.29. The Balaban J connectivity index is 2.22. The average Bonchev–Trinajstić information content (AvgIpc) is 2.36. The summed E-state index contributed by atoms with van der Waals surface area (Å²) in [6, 6.07) is 10.7. The highest BCUT2D eigenvalue weighted by Gasteiger charge is 2.22. The highest BCUT2D eigenvalue weighted by atomic mass is 14.7. The van der Waals surface area contributed by atoms with Gasteiger partial charge < -0.3 is 5.73 Å². The molecule has 0 saturated heterocycles. The maximum Gasteiger partial charge on any atom is 0.0705 e. The zero-order chi connectivity index (χ0) is 14.9. The molecule has 0 aliphatic rings. The molecule has 2 unspecified atom stereocenters. The lowest BCUT2D eigenvalue weighted by Crippen LogP contribution is -2.23. The van der Waals surface area contributed by atoms with Gasteiger partial charge in [-0.3, -0.25) is 4.98 Å². The average molecular weight is 270 g/mol. The van der Waals surface area contributed by atoms with E-state index < -0.39 is 0 Å². The van der Waals surface area contributed by atoms with Crippen molar-refractivity contribution in [3.63, 3.8) is 0 Å². The number of rotatable bonds is 3. The van der Waals surface area contributed by atoms with Crippen molar-refractivity contribution in [1.29, 1.82) is 0 Å². The quantitative estimate of drug-likeness (QED) is 0.884. The molecule has 0 saturated carbocycles. The van der Waals surface area contributed by atoms with Gasteiger partial charge in [-0.2, -0.15) is 0 Å². The standard InChI is InChI=1S/C18H26N2/c1-12(18(3,4)5)10-16(19)14-8-9-17-15(11-14)7-6-13(2)20-17/h6-9,11-12,16H,10,19H2,1-5H3. The lowest BCUT2D eigenvalue weighted by atomic mass is 9.78. The number of nitrogens with zero attached hydrogens (tertiary/aromatic N) is 1. The molecule has 0 radical (unpaired) electrons. The van der Waals surface area contributed by atoms with Crippen LogP contribution in [-0.4, -0.2) is 4.98 Å². The van der Waals surface area contributed by atoms with Gasteiger partial charge in [0, 0.05) is 17.1 Å². The molecule has 0 aliphatic carbocycles. The fourth-order valence-corrected chi connectivity index (χ4v) is 2.35. The highest BCUT2D eigenvalue weighted by Crippen LogP contribution is 2.32. The van der Waals surface area contributed by atoms with Crippen molar-refractivity contribution in [3.05, 3.63) is 41.6 Å². The number of nitrogens with two attached hydrogens (primary N) is 1. The van der Waals surface area contributed by atoms with E-state index in [1.165, 1.54) is 10.9 Å². The Morgan fingerprint density at radius 2 is 1.85 bits per heavy atom. The first kappa shape index (κ1) is 15.0. The first-order valence-electron chi connectivity index (χ1n) is 7.40. The molecule has 2 heteroatoms. The second kappa shape index (κ2) is 5.53. The molecule has 0 fully saturated rings. The van der Waals surface area contributed by atoms with E-state index in [2.05, 4.69) is 63.0 Å². The normalized spacial score (nSPS) is 15.3. The van der Waals surface area contributed by atoms with Crippen LogP contribution in [0, 0.1) is 18.3 Å². The Morgan fingerprint density at radius 1 is 1.15 bits per heavy atom. The van der Waals surface area contributed by atoms with Crippen molar-refractivity contribution < 1.29 is 0 Å². The van der Waals surface area contributed by atoms with Gasteiger partial charge in [-0.05, 0) is 48.4 Å². The molecule has 2 atom stereocenters. The van der Waals surface area contributed by atoms with Crippen LogP contribution in [0.25, 0.3) is 10.9 Å². The van der Waals surface area contributed by atoms with Gasteiger partial charge >= 0.3 is 0 Å². The number of hydrogen-bond donors (Lipinski definition) is 1. The topological polar surface area (TPSA) is 38.9 Å². The van der Waals surface area contributed by atoms with E-state index in [0.29, 0.717) is 11.3 Å². The van der Waals surface area contributed by atoms with Gasteiger partial charge in [-0.15, -0.1) is 0 Å². The third-order valence-corrected chi connectivity index (χ3v) is 4.37. The summed E-state index contributed by atoms with van der Waals surface area (Å²) >= 11 is 0. The van der Waals surface area contributed by atoms with Crippen molar-refractivity contribution in [2.75, 3.05) is 0 Å². The number of benzene rings is 1. The van der Waals surface area contributed by atoms with Crippen molar-refractivity contribution in [2.24, 2.45) is 17.1 Å². The molecule has 1 aromatic carbocycles. The molecule has 2 N–H and O–H groups in total. The molecule has 2 aromatic rings. The molecule has 2 nitrogen and oxygen atoms in total. The molecule has 0 aliphatic heterocycles. The number of aryl methyl sites for hydroxylation is 1. The number of pyridine rings is 1. The fourth-order valence-electron chi connectivity index (χ4n) is 2.35. The predicted molar refractivity (Wildman–Crippen MR) is 86.6 cm³/mol. The van der Waals surface area contributed by atoms with Crippen LogP contribution < -0.4 is 5.73 Å². The van der Waals surface area contributed by atoms with Crippen molar-refractivity contribution in [2.45, 2.75) is 47.1 Å². The Kier molecular flexibility index (Phi) is 4.14. The highest BCUT2D eigenvalue weighted by molar-refractivity contribution is 5.79. The predicted octanol–water partition coefficient (Wildman–Crippen LogP) is 4.62. The van der Waals surface area contributed by atoms with Crippen LogP contribution in [0.15, 0.2) is 30.3 Å². The fraction of sp³-hybridized carbons (Fsp3) is 0.500. The maximum absolute atomic E-state index is 6.39. The van der Waals surface area contributed by atoms with Gasteiger partial charge in [0.25, 0.3) is 0 Å². The van der Waals surface area contributed by atoms with Crippen molar-refractivity contribution in [3.8, 4) is 0 Å². The Labute approximate surface area is 122 Å². The first-order chi connectivity index (χ1) is 9.27. The summed E-state index contributed by atoms with van der Waals surface area (Å²) < 4.78 is 0. The SMILES string of the molecule is Cc1ccc2cc(C(N)CC(C)C(C)(C)C)ccc2n1. The van der Waals surface area contributed by atoms with Crippen LogP contribution in [0.4, 0.5) is 0 Å². The minimum Gasteiger partial charge on any atom is -0.324 e. The van der Waals surface area contributed by atoms with Crippen LogP contribution in [0.5, 0.6) is 0 Å². The lowest BCUT2D eigenvalue weighted by molar-refractivity contribution is 0.234. The largest absolute Gasteiger partial charge is 0.324 e. The zero-order valence-corrected chi connectivity index (χ0v) is 13.3. The van der Waals surface area contributed by atoms with Crippen LogP contribution >= 0.6 is 0 Å². The van der Waals surface area contributed by atoms with Crippen molar-refractivity contribution >= 4 is 10.9 Å². The van der Waals surface area contributed by atoms with Gasteiger partial charge in [0.1, 0.15) is 0 Å². The third-order valence-electron chi connectivity index (χ3n) is 4.37.